The molecule has 21 heavy (non-hydrogen) atoms. The molecule has 2 aromatic heterocycles. The number of rotatable bonds is 7. The van der Waals surface area contributed by atoms with Crippen LogP contribution in [-0.4, -0.2) is 31.3 Å². The molecule has 0 unspecified atom stereocenters. The topological polar surface area (TPSA) is 107 Å². The first kappa shape index (κ1) is 15.2. The van der Waals surface area contributed by atoms with Crippen LogP contribution in [0.2, 0.25) is 0 Å². The van der Waals surface area contributed by atoms with Crippen molar-refractivity contribution in [3.05, 3.63) is 23.5 Å². The Balaban J connectivity index is 2.05. The summed E-state index contributed by atoms with van der Waals surface area (Å²) in [5, 5.41) is 7.55. The zero-order valence-electron chi connectivity index (χ0n) is 12.7. The highest BCUT2D eigenvalue weighted by Crippen LogP contribution is 2.19. The van der Waals surface area contributed by atoms with Gasteiger partial charge < -0.3 is 10.7 Å². The summed E-state index contributed by atoms with van der Waals surface area (Å²) in [7, 11) is 1.86. The molecule has 0 spiro atoms. The van der Waals surface area contributed by atoms with E-state index in [4.69, 9.17) is 5.84 Å². The van der Waals surface area contributed by atoms with Crippen molar-refractivity contribution in [2.75, 3.05) is 17.3 Å². The van der Waals surface area contributed by atoms with Gasteiger partial charge in [-0.15, -0.1) is 0 Å². The van der Waals surface area contributed by atoms with E-state index < -0.39 is 0 Å². The summed E-state index contributed by atoms with van der Waals surface area (Å²) < 4.78 is 1.70. The van der Waals surface area contributed by atoms with Gasteiger partial charge in [-0.25, -0.2) is 20.8 Å². The molecule has 0 aliphatic carbocycles. The second-order valence-corrected chi connectivity index (χ2v) is 4.87. The van der Waals surface area contributed by atoms with Gasteiger partial charge in [-0.3, -0.25) is 4.68 Å². The average Bonchev–Trinajstić information content (AvgIpc) is 2.88. The molecule has 2 rings (SSSR count). The van der Waals surface area contributed by atoms with Crippen molar-refractivity contribution in [3.63, 3.8) is 0 Å². The monoisotopic (exact) mass is 290 g/mol. The molecule has 0 bridgehead atoms. The summed E-state index contributed by atoms with van der Waals surface area (Å²) in [4.78, 5) is 13.1. The molecule has 4 N–H and O–H groups in total. The number of nitrogens with zero attached hydrogens (tertiary/aromatic N) is 5. The minimum atomic E-state index is 0.659. The Hall–Kier alpha value is -2.22. The van der Waals surface area contributed by atoms with Gasteiger partial charge >= 0.3 is 0 Å². The number of hydrogen-bond acceptors (Lipinski definition) is 7. The minimum Gasteiger partial charge on any atom is -0.369 e. The first-order valence-corrected chi connectivity index (χ1v) is 7.06. The number of anilines is 2. The summed E-state index contributed by atoms with van der Waals surface area (Å²) in [6.45, 7) is 4.74. The lowest BCUT2D eigenvalue weighted by molar-refractivity contribution is 0.741. The molecule has 0 radical (unpaired) electrons. The van der Waals surface area contributed by atoms with Crippen LogP contribution >= 0.6 is 0 Å². The maximum absolute atomic E-state index is 5.52. The van der Waals surface area contributed by atoms with Crippen molar-refractivity contribution in [3.8, 4) is 0 Å². The number of hydrogen-bond donors (Lipinski definition) is 3. The van der Waals surface area contributed by atoms with Crippen LogP contribution in [0.25, 0.3) is 0 Å². The number of hydrazine groups is 1. The molecule has 0 aromatic carbocycles. The highest BCUT2D eigenvalue weighted by atomic mass is 15.3. The van der Waals surface area contributed by atoms with Crippen molar-refractivity contribution in [1.82, 2.24) is 24.7 Å². The molecule has 114 valence electrons. The predicted octanol–water partition coefficient (Wildman–Crippen LogP) is 0.806. The second kappa shape index (κ2) is 6.98. The van der Waals surface area contributed by atoms with E-state index in [1.165, 1.54) is 0 Å². The van der Waals surface area contributed by atoms with Gasteiger partial charge in [0.25, 0.3) is 0 Å². The van der Waals surface area contributed by atoms with Crippen molar-refractivity contribution in [1.29, 1.82) is 0 Å². The molecule has 8 heteroatoms. The van der Waals surface area contributed by atoms with Crippen LogP contribution in [0.15, 0.2) is 6.33 Å². The van der Waals surface area contributed by atoms with E-state index in [0.29, 0.717) is 12.4 Å². The fourth-order valence-electron chi connectivity index (χ4n) is 2.00. The number of aromatic nitrogens is 5. The second-order valence-electron chi connectivity index (χ2n) is 4.87. The van der Waals surface area contributed by atoms with Gasteiger partial charge in [-0.1, -0.05) is 6.92 Å². The van der Waals surface area contributed by atoms with Gasteiger partial charge in [0.05, 0.1) is 0 Å². The van der Waals surface area contributed by atoms with Crippen molar-refractivity contribution in [2.45, 2.75) is 33.1 Å². The minimum absolute atomic E-state index is 0.659. The molecular weight excluding hydrogens is 268 g/mol. The number of nitrogens with two attached hydrogens (primary N) is 1. The molecule has 2 aromatic rings. The quantitative estimate of drug-likeness (QED) is 0.511. The van der Waals surface area contributed by atoms with E-state index in [1.54, 1.807) is 11.0 Å². The smallest absolute Gasteiger partial charge is 0.152 e. The Bertz CT molecular complexity index is 592. The summed E-state index contributed by atoms with van der Waals surface area (Å²) >= 11 is 0. The van der Waals surface area contributed by atoms with Gasteiger partial charge in [0, 0.05) is 32.0 Å². The van der Waals surface area contributed by atoms with Gasteiger partial charge in [-0.05, 0) is 13.3 Å². The average molecular weight is 290 g/mol. The van der Waals surface area contributed by atoms with Crippen molar-refractivity contribution >= 4 is 11.6 Å². The fraction of sp³-hybridized carbons (Fsp3) is 0.538. The standard InChI is InChI=1S/C13H22N8/c1-4-5-11-17-12(9(2)13(18-11)19-14)15-7-6-10-16-8-21(3)20-10/h8H,4-7,14H2,1-3H3,(H2,15,17,18,19). The molecule has 0 saturated heterocycles. The Kier molecular flexibility index (Phi) is 5.04. The first-order chi connectivity index (χ1) is 10.1. The summed E-state index contributed by atoms with van der Waals surface area (Å²) in [6.07, 6.45) is 4.25. The lowest BCUT2D eigenvalue weighted by Gasteiger charge is -2.13. The largest absolute Gasteiger partial charge is 0.369 e. The van der Waals surface area contributed by atoms with Crippen molar-refractivity contribution < 1.29 is 0 Å². The van der Waals surface area contributed by atoms with Crippen LogP contribution < -0.4 is 16.6 Å². The van der Waals surface area contributed by atoms with Gasteiger partial charge in [0.15, 0.2) is 5.82 Å². The van der Waals surface area contributed by atoms with Crippen LogP contribution in [0.1, 0.15) is 30.6 Å². The Morgan fingerprint density at radius 2 is 1.95 bits per heavy atom. The highest BCUT2D eigenvalue weighted by molar-refractivity contribution is 5.56. The van der Waals surface area contributed by atoms with E-state index in [9.17, 15) is 0 Å². The molecule has 0 aliphatic rings. The molecule has 0 aliphatic heterocycles. The van der Waals surface area contributed by atoms with E-state index in [2.05, 4.69) is 37.7 Å². The van der Waals surface area contributed by atoms with E-state index in [0.717, 1.165) is 42.3 Å². The molecule has 0 atom stereocenters. The molecular formula is C13H22N8. The van der Waals surface area contributed by atoms with E-state index in [1.807, 2.05) is 14.0 Å². The highest BCUT2D eigenvalue weighted by Gasteiger charge is 2.10. The van der Waals surface area contributed by atoms with Crippen LogP contribution in [-0.2, 0) is 19.9 Å². The number of nitrogen functional groups attached to an aromatic ring is 1. The SMILES string of the molecule is CCCc1nc(NN)c(C)c(NCCc2ncn(C)n2)n1. The molecule has 0 saturated carbocycles. The lowest BCUT2D eigenvalue weighted by atomic mass is 10.2. The van der Waals surface area contributed by atoms with Gasteiger partial charge in [-0.2, -0.15) is 5.10 Å². The molecule has 0 fully saturated rings. The predicted molar refractivity (Wildman–Crippen MR) is 81.8 cm³/mol. The maximum atomic E-state index is 5.52. The third-order valence-corrected chi connectivity index (χ3v) is 3.09. The number of aryl methyl sites for hydroxylation is 2. The van der Waals surface area contributed by atoms with Crippen molar-refractivity contribution in [2.24, 2.45) is 12.9 Å². The Morgan fingerprint density at radius 1 is 1.19 bits per heavy atom. The van der Waals surface area contributed by atoms with Gasteiger partial charge in [0.1, 0.15) is 23.8 Å². The zero-order valence-corrected chi connectivity index (χ0v) is 12.7. The van der Waals surface area contributed by atoms with Crippen LogP contribution in [0.3, 0.4) is 0 Å². The van der Waals surface area contributed by atoms with Crippen LogP contribution in [0.4, 0.5) is 11.6 Å². The normalized spacial score (nSPS) is 10.7. The van der Waals surface area contributed by atoms with E-state index in [-0.39, 0.29) is 0 Å². The Labute approximate surface area is 124 Å². The van der Waals surface area contributed by atoms with Gasteiger partial charge in [0.2, 0.25) is 0 Å². The summed E-state index contributed by atoms with van der Waals surface area (Å²) in [6, 6.07) is 0. The fourth-order valence-corrected chi connectivity index (χ4v) is 2.00. The zero-order chi connectivity index (χ0) is 15.2. The number of nitrogens with one attached hydrogen (secondary N) is 2. The third-order valence-electron chi connectivity index (χ3n) is 3.09. The first-order valence-electron chi connectivity index (χ1n) is 7.06. The van der Waals surface area contributed by atoms with Crippen LogP contribution in [0.5, 0.6) is 0 Å². The molecule has 8 nitrogen and oxygen atoms in total. The summed E-state index contributed by atoms with van der Waals surface area (Å²) in [5.41, 5.74) is 3.54. The lowest BCUT2D eigenvalue weighted by Crippen LogP contribution is -2.16. The molecule has 2 heterocycles. The maximum Gasteiger partial charge on any atom is 0.152 e. The summed E-state index contributed by atoms with van der Waals surface area (Å²) in [5.74, 6) is 8.57. The van der Waals surface area contributed by atoms with E-state index >= 15 is 0 Å². The molecule has 0 amide bonds. The third kappa shape index (κ3) is 3.88. The van der Waals surface area contributed by atoms with Crippen LogP contribution in [0, 0.1) is 6.92 Å². The Morgan fingerprint density at radius 3 is 2.57 bits per heavy atom.